The van der Waals surface area contributed by atoms with Gasteiger partial charge in [-0.05, 0) is 23.7 Å². The third-order valence-electron chi connectivity index (χ3n) is 2.69. The van der Waals surface area contributed by atoms with Crippen LogP contribution in [-0.4, -0.2) is 15.5 Å². The van der Waals surface area contributed by atoms with Gasteiger partial charge in [0, 0.05) is 5.41 Å². The molecule has 0 saturated carbocycles. The van der Waals surface area contributed by atoms with Gasteiger partial charge in [-0.15, -0.1) is 5.10 Å². The summed E-state index contributed by atoms with van der Waals surface area (Å²) in [5.41, 5.74) is 7.05. The molecule has 0 fully saturated rings. The summed E-state index contributed by atoms with van der Waals surface area (Å²) in [6, 6.07) is 5.07. The second-order valence-corrected chi connectivity index (χ2v) is 6.52. The van der Waals surface area contributed by atoms with Crippen LogP contribution in [-0.2, 0) is 5.41 Å². The normalized spacial score (nSPS) is 11.4. The number of nitrogens with one attached hydrogen (secondary N) is 1. The highest BCUT2D eigenvalue weighted by Gasteiger charge is 2.26. The third kappa shape index (κ3) is 2.91. The van der Waals surface area contributed by atoms with Gasteiger partial charge in [0.25, 0.3) is 5.91 Å². The van der Waals surface area contributed by atoms with E-state index < -0.39 is 0 Å². The first kappa shape index (κ1) is 14.7. The number of nitrogens with zero attached hydrogens (tertiary/aromatic N) is 2. The van der Waals surface area contributed by atoms with Crippen molar-refractivity contribution in [3.63, 3.8) is 0 Å². The molecule has 2 rings (SSSR count). The lowest BCUT2D eigenvalue weighted by atomic mass is 9.91. The van der Waals surface area contributed by atoms with E-state index in [4.69, 9.17) is 17.3 Å². The van der Waals surface area contributed by atoms with Gasteiger partial charge < -0.3 is 11.1 Å². The molecule has 0 aliphatic carbocycles. The minimum Gasteiger partial charge on any atom is -0.397 e. The highest BCUT2D eigenvalue weighted by molar-refractivity contribution is 7.08. The van der Waals surface area contributed by atoms with Crippen molar-refractivity contribution >= 4 is 40.4 Å². The molecule has 0 aliphatic rings. The van der Waals surface area contributed by atoms with Gasteiger partial charge in [0.2, 0.25) is 0 Å². The van der Waals surface area contributed by atoms with Gasteiger partial charge in [-0.1, -0.05) is 42.9 Å². The van der Waals surface area contributed by atoms with E-state index in [0.717, 1.165) is 11.5 Å². The number of benzene rings is 1. The Kier molecular flexibility index (Phi) is 3.96. The van der Waals surface area contributed by atoms with Crippen molar-refractivity contribution in [3.05, 3.63) is 33.8 Å². The fraction of sp³-hybridized carbons (Fsp3) is 0.308. The van der Waals surface area contributed by atoms with Crippen LogP contribution in [0.15, 0.2) is 18.2 Å². The highest BCUT2D eigenvalue weighted by atomic mass is 35.5. The Bertz CT molecular complexity index is 628. The van der Waals surface area contributed by atoms with Gasteiger partial charge >= 0.3 is 0 Å². The maximum absolute atomic E-state index is 12.4. The zero-order valence-electron chi connectivity index (χ0n) is 11.4. The predicted molar refractivity (Wildman–Crippen MR) is 82.4 cm³/mol. The van der Waals surface area contributed by atoms with Crippen molar-refractivity contribution in [1.82, 2.24) is 9.59 Å². The Balaban J connectivity index is 2.32. The number of carbonyl (C=O) groups is 1. The Morgan fingerprint density at radius 1 is 1.40 bits per heavy atom. The van der Waals surface area contributed by atoms with Crippen molar-refractivity contribution < 1.29 is 4.79 Å². The molecule has 7 heteroatoms. The number of amides is 1. The summed E-state index contributed by atoms with van der Waals surface area (Å²) >= 11 is 7.10. The van der Waals surface area contributed by atoms with Crippen LogP contribution >= 0.6 is 23.1 Å². The summed E-state index contributed by atoms with van der Waals surface area (Å²) in [5, 5.41) is 7.16. The number of para-hydroxylation sites is 1. The van der Waals surface area contributed by atoms with Crippen molar-refractivity contribution in [2.24, 2.45) is 0 Å². The third-order valence-corrected chi connectivity index (χ3v) is 3.73. The van der Waals surface area contributed by atoms with Gasteiger partial charge in [-0.25, -0.2) is 0 Å². The number of hydrogen-bond acceptors (Lipinski definition) is 5. The summed E-state index contributed by atoms with van der Waals surface area (Å²) < 4.78 is 3.86. The number of halogens is 1. The van der Waals surface area contributed by atoms with Crippen LogP contribution in [0, 0.1) is 0 Å². The Morgan fingerprint density at radius 2 is 2.10 bits per heavy atom. The summed E-state index contributed by atoms with van der Waals surface area (Å²) in [4.78, 5) is 12.8. The number of hydrogen-bond donors (Lipinski definition) is 2. The smallest absolute Gasteiger partial charge is 0.269 e. The maximum Gasteiger partial charge on any atom is 0.269 e. The molecule has 20 heavy (non-hydrogen) atoms. The molecule has 1 heterocycles. The second-order valence-electron chi connectivity index (χ2n) is 5.36. The van der Waals surface area contributed by atoms with E-state index in [9.17, 15) is 4.79 Å². The van der Waals surface area contributed by atoms with E-state index in [2.05, 4.69) is 14.9 Å². The number of nitrogens with two attached hydrogens (primary N) is 1. The molecule has 2 aromatic rings. The highest BCUT2D eigenvalue weighted by Crippen LogP contribution is 2.30. The largest absolute Gasteiger partial charge is 0.397 e. The standard InChI is InChI=1S/C13H15ClN4OS/c1-13(2,3)11-10(20-18-17-11)12(19)16-9-7(14)5-4-6-8(9)15/h4-6H,15H2,1-3H3,(H,16,19). The van der Waals surface area contributed by atoms with Gasteiger partial charge in [0.1, 0.15) is 4.88 Å². The summed E-state index contributed by atoms with van der Waals surface area (Å²) in [6.45, 7) is 5.93. The molecule has 1 aromatic heterocycles. The van der Waals surface area contributed by atoms with Crippen LogP contribution in [0.5, 0.6) is 0 Å². The van der Waals surface area contributed by atoms with Crippen LogP contribution in [0.4, 0.5) is 11.4 Å². The molecular formula is C13H15ClN4OS. The molecule has 5 nitrogen and oxygen atoms in total. The first-order valence-corrected chi connectivity index (χ1v) is 7.14. The molecule has 106 valence electrons. The minimum absolute atomic E-state index is 0.258. The summed E-state index contributed by atoms with van der Waals surface area (Å²) in [5.74, 6) is -0.301. The first-order valence-electron chi connectivity index (χ1n) is 5.99. The van der Waals surface area contributed by atoms with Crippen molar-refractivity contribution in [3.8, 4) is 0 Å². The van der Waals surface area contributed by atoms with Crippen LogP contribution in [0.25, 0.3) is 0 Å². The lowest BCUT2D eigenvalue weighted by molar-refractivity contribution is 0.102. The second kappa shape index (κ2) is 5.38. The monoisotopic (exact) mass is 310 g/mol. The van der Waals surface area contributed by atoms with Gasteiger partial charge in [-0.3, -0.25) is 4.79 Å². The van der Waals surface area contributed by atoms with E-state index in [1.54, 1.807) is 18.2 Å². The Morgan fingerprint density at radius 3 is 2.70 bits per heavy atom. The van der Waals surface area contributed by atoms with Crippen LogP contribution in [0.2, 0.25) is 5.02 Å². The average Bonchev–Trinajstić information content (AvgIpc) is 2.82. The first-order chi connectivity index (χ1) is 9.30. The van der Waals surface area contributed by atoms with Crippen LogP contribution in [0.3, 0.4) is 0 Å². The topological polar surface area (TPSA) is 80.9 Å². The predicted octanol–water partition coefficient (Wildman–Crippen LogP) is 3.32. The fourth-order valence-electron chi connectivity index (χ4n) is 1.67. The van der Waals surface area contributed by atoms with E-state index in [0.29, 0.717) is 27.0 Å². The van der Waals surface area contributed by atoms with E-state index in [1.165, 1.54) is 0 Å². The molecule has 0 atom stereocenters. The molecule has 0 aliphatic heterocycles. The number of rotatable bonds is 2. The molecule has 0 spiro atoms. The quantitative estimate of drug-likeness (QED) is 0.834. The van der Waals surface area contributed by atoms with Gasteiger partial charge in [-0.2, -0.15) is 0 Å². The molecule has 3 N–H and O–H groups in total. The van der Waals surface area contributed by atoms with Crippen molar-refractivity contribution in [1.29, 1.82) is 0 Å². The van der Waals surface area contributed by atoms with E-state index in [1.807, 2.05) is 20.8 Å². The fourth-order valence-corrected chi connectivity index (χ4v) is 2.67. The maximum atomic E-state index is 12.4. The Hall–Kier alpha value is -1.66. The lowest BCUT2D eigenvalue weighted by Gasteiger charge is -2.16. The van der Waals surface area contributed by atoms with Gasteiger partial charge in [0.15, 0.2) is 0 Å². The molecule has 0 unspecified atom stereocenters. The zero-order valence-corrected chi connectivity index (χ0v) is 13.0. The van der Waals surface area contributed by atoms with Crippen LogP contribution in [0.1, 0.15) is 36.1 Å². The number of aromatic nitrogens is 2. The lowest BCUT2D eigenvalue weighted by Crippen LogP contribution is -2.20. The van der Waals surface area contributed by atoms with Gasteiger partial charge in [0.05, 0.1) is 22.1 Å². The molecule has 1 amide bonds. The molecule has 0 radical (unpaired) electrons. The Labute approximate surface area is 126 Å². The molecule has 0 bridgehead atoms. The SMILES string of the molecule is CC(C)(C)c1nnsc1C(=O)Nc1c(N)cccc1Cl. The van der Waals surface area contributed by atoms with E-state index >= 15 is 0 Å². The molecule has 1 aromatic carbocycles. The number of carbonyl (C=O) groups excluding carboxylic acids is 1. The van der Waals surface area contributed by atoms with Crippen molar-refractivity contribution in [2.75, 3.05) is 11.1 Å². The molecule has 0 saturated heterocycles. The minimum atomic E-state index is -0.301. The average molecular weight is 311 g/mol. The number of anilines is 2. The zero-order chi connectivity index (χ0) is 14.9. The summed E-state index contributed by atoms with van der Waals surface area (Å²) in [7, 11) is 0. The van der Waals surface area contributed by atoms with E-state index in [-0.39, 0.29) is 11.3 Å². The number of nitrogen functional groups attached to an aromatic ring is 1. The van der Waals surface area contributed by atoms with Crippen LogP contribution < -0.4 is 11.1 Å². The van der Waals surface area contributed by atoms with Crippen molar-refractivity contribution in [2.45, 2.75) is 26.2 Å². The summed E-state index contributed by atoms with van der Waals surface area (Å²) in [6.07, 6.45) is 0. The molecular weight excluding hydrogens is 296 g/mol.